The van der Waals surface area contributed by atoms with E-state index in [1.165, 1.54) is 0 Å². The van der Waals surface area contributed by atoms with Crippen LogP contribution < -0.4 is 0 Å². The van der Waals surface area contributed by atoms with Gasteiger partial charge in [-0.15, -0.1) is 0 Å². The van der Waals surface area contributed by atoms with Gasteiger partial charge in [0.1, 0.15) is 5.78 Å². The second-order valence-electron chi connectivity index (χ2n) is 3.75. The van der Waals surface area contributed by atoms with Gasteiger partial charge >= 0.3 is 5.97 Å². The average Bonchev–Trinajstić information content (AvgIpc) is 2.14. The van der Waals surface area contributed by atoms with Gasteiger partial charge in [-0.05, 0) is 18.6 Å². The fraction of sp³-hybridized carbons (Fsp3) is 0.818. The van der Waals surface area contributed by atoms with Crippen LogP contribution in [0.1, 0.15) is 33.6 Å². The Hall–Kier alpha value is -0.510. The highest BCUT2D eigenvalue weighted by Crippen LogP contribution is 2.08. The first-order valence-electron chi connectivity index (χ1n) is 5.31. The number of carbonyl (C=O) groups excluding carboxylic acids is 2. The molecule has 0 fully saturated rings. The van der Waals surface area contributed by atoms with Gasteiger partial charge in [-0.2, -0.15) is 11.8 Å². The van der Waals surface area contributed by atoms with Crippen LogP contribution in [-0.4, -0.2) is 29.9 Å². The van der Waals surface area contributed by atoms with Crippen molar-refractivity contribution in [3.8, 4) is 0 Å². The zero-order valence-corrected chi connectivity index (χ0v) is 10.6. The number of hydrogen-bond donors (Lipinski definition) is 0. The normalized spacial score (nSPS) is 10.4. The molecule has 3 nitrogen and oxygen atoms in total. The van der Waals surface area contributed by atoms with Gasteiger partial charge < -0.3 is 4.74 Å². The minimum absolute atomic E-state index is 0.133. The third-order valence-corrected chi connectivity index (χ3v) is 3.06. The molecule has 0 bridgehead atoms. The molecule has 0 N–H and O–H groups in total. The molecule has 0 aliphatic carbocycles. The van der Waals surface area contributed by atoms with E-state index in [0.717, 1.165) is 5.75 Å². The van der Waals surface area contributed by atoms with E-state index < -0.39 is 0 Å². The van der Waals surface area contributed by atoms with Crippen molar-refractivity contribution in [2.24, 2.45) is 5.92 Å². The summed E-state index contributed by atoms with van der Waals surface area (Å²) in [6, 6.07) is 0. The fourth-order valence-electron chi connectivity index (χ4n) is 0.955. The third-order valence-electron chi connectivity index (χ3n) is 1.63. The first-order valence-corrected chi connectivity index (χ1v) is 6.46. The van der Waals surface area contributed by atoms with E-state index in [4.69, 9.17) is 4.74 Å². The number of esters is 1. The predicted octanol–water partition coefficient (Wildman–Crippen LogP) is 2.29. The molecular formula is C11H20O3S. The molecule has 0 radical (unpaired) electrons. The molecule has 0 heterocycles. The molecule has 0 aromatic heterocycles. The van der Waals surface area contributed by atoms with Crippen molar-refractivity contribution in [3.63, 3.8) is 0 Å². The maximum absolute atomic E-state index is 11.3. The Labute approximate surface area is 95.9 Å². The molecule has 0 atom stereocenters. The minimum atomic E-state index is -0.278. The van der Waals surface area contributed by atoms with Crippen LogP contribution in [0.4, 0.5) is 0 Å². The van der Waals surface area contributed by atoms with Crippen LogP contribution in [0.2, 0.25) is 0 Å². The quantitative estimate of drug-likeness (QED) is 0.602. The first-order chi connectivity index (χ1) is 7.06. The standard InChI is InChI=1S/C11H20O3S/c1-4-14-11(13)6-5-10(12)8-15-7-9(2)3/h9H,4-8H2,1-3H3. The Morgan fingerprint density at radius 2 is 1.93 bits per heavy atom. The highest BCUT2D eigenvalue weighted by Gasteiger charge is 2.07. The average molecular weight is 232 g/mol. The van der Waals surface area contributed by atoms with Gasteiger partial charge in [0.2, 0.25) is 0 Å². The first kappa shape index (κ1) is 14.5. The maximum atomic E-state index is 11.3. The zero-order chi connectivity index (χ0) is 11.7. The van der Waals surface area contributed by atoms with E-state index >= 15 is 0 Å². The van der Waals surface area contributed by atoms with E-state index in [1.54, 1.807) is 18.7 Å². The summed E-state index contributed by atoms with van der Waals surface area (Å²) in [5.74, 6) is 1.96. The SMILES string of the molecule is CCOC(=O)CCC(=O)CSCC(C)C. The molecular weight excluding hydrogens is 212 g/mol. The van der Waals surface area contributed by atoms with Gasteiger partial charge in [-0.1, -0.05) is 13.8 Å². The largest absolute Gasteiger partial charge is 0.466 e. The summed E-state index contributed by atoms with van der Waals surface area (Å²) >= 11 is 1.63. The fourth-order valence-corrected chi connectivity index (χ4v) is 1.92. The lowest BCUT2D eigenvalue weighted by Gasteiger charge is -2.04. The number of hydrogen-bond acceptors (Lipinski definition) is 4. The van der Waals surface area contributed by atoms with E-state index in [1.807, 2.05) is 0 Å². The summed E-state index contributed by atoms with van der Waals surface area (Å²) in [4.78, 5) is 22.3. The van der Waals surface area contributed by atoms with Crippen LogP contribution in [0.5, 0.6) is 0 Å². The third kappa shape index (κ3) is 9.79. The van der Waals surface area contributed by atoms with Crippen molar-refractivity contribution in [1.29, 1.82) is 0 Å². The zero-order valence-electron chi connectivity index (χ0n) is 9.75. The lowest BCUT2D eigenvalue weighted by atomic mass is 10.2. The Kier molecular flexibility index (Phi) is 8.47. The number of rotatable bonds is 8. The molecule has 15 heavy (non-hydrogen) atoms. The molecule has 88 valence electrons. The molecule has 0 aromatic rings. The molecule has 0 amide bonds. The van der Waals surface area contributed by atoms with E-state index in [9.17, 15) is 9.59 Å². The van der Waals surface area contributed by atoms with Crippen molar-refractivity contribution in [3.05, 3.63) is 0 Å². The van der Waals surface area contributed by atoms with Gasteiger partial charge in [-0.3, -0.25) is 9.59 Å². The van der Waals surface area contributed by atoms with Crippen LogP contribution in [0.3, 0.4) is 0 Å². The lowest BCUT2D eigenvalue weighted by molar-refractivity contribution is -0.144. The second-order valence-corrected chi connectivity index (χ2v) is 4.78. The molecule has 0 aliphatic heterocycles. The van der Waals surface area contributed by atoms with Gasteiger partial charge in [0.05, 0.1) is 18.8 Å². The number of thioether (sulfide) groups is 1. The number of ketones is 1. The molecule has 0 unspecified atom stereocenters. The summed E-state index contributed by atoms with van der Waals surface area (Å²) in [6.45, 7) is 6.39. The van der Waals surface area contributed by atoms with Crippen LogP contribution in [0.25, 0.3) is 0 Å². The highest BCUT2D eigenvalue weighted by molar-refractivity contribution is 7.99. The summed E-state index contributed by atoms with van der Waals surface area (Å²) < 4.78 is 4.74. The number of Topliss-reactive ketones (excluding diaryl/α,β-unsaturated/α-hetero) is 1. The van der Waals surface area contributed by atoms with Crippen molar-refractivity contribution in [1.82, 2.24) is 0 Å². The smallest absolute Gasteiger partial charge is 0.306 e. The Balaban J connectivity index is 3.45. The van der Waals surface area contributed by atoms with Gasteiger partial charge in [0.15, 0.2) is 0 Å². The Morgan fingerprint density at radius 3 is 2.47 bits per heavy atom. The van der Waals surface area contributed by atoms with Gasteiger partial charge in [0, 0.05) is 6.42 Å². The molecule has 0 saturated carbocycles. The Morgan fingerprint density at radius 1 is 1.27 bits per heavy atom. The minimum Gasteiger partial charge on any atom is -0.466 e. The summed E-state index contributed by atoms with van der Waals surface area (Å²) in [5.41, 5.74) is 0. The molecule has 0 spiro atoms. The molecule has 4 heteroatoms. The van der Waals surface area contributed by atoms with Crippen LogP contribution in [0.15, 0.2) is 0 Å². The molecule has 0 rings (SSSR count). The van der Waals surface area contributed by atoms with Crippen molar-refractivity contribution in [2.75, 3.05) is 18.1 Å². The van der Waals surface area contributed by atoms with E-state index in [-0.39, 0.29) is 18.2 Å². The van der Waals surface area contributed by atoms with Crippen LogP contribution in [0, 0.1) is 5.92 Å². The van der Waals surface area contributed by atoms with E-state index in [2.05, 4.69) is 13.8 Å². The number of ether oxygens (including phenoxy) is 1. The van der Waals surface area contributed by atoms with Gasteiger partial charge in [-0.25, -0.2) is 0 Å². The monoisotopic (exact) mass is 232 g/mol. The summed E-state index contributed by atoms with van der Waals surface area (Å²) in [7, 11) is 0. The maximum Gasteiger partial charge on any atom is 0.306 e. The number of carbonyl (C=O) groups is 2. The van der Waals surface area contributed by atoms with E-state index in [0.29, 0.717) is 24.7 Å². The predicted molar refractivity (Wildman–Crippen MR) is 63.0 cm³/mol. The molecule has 0 aromatic carbocycles. The van der Waals surface area contributed by atoms with Crippen molar-refractivity contribution >= 4 is 23.5 Å². The van der Waals surface area contributed by atoms with Crippen LogP contribution >= 0.6 is 11.8 Å². The second kappa shape index (κ2) is 8.77. The topological polar surface area (TPSA) is 43.4 Å². The lowest BCUT2D eigenvalue weighted by Crippen LogP contribution is -2.09. The van der Waals surface area contributed by atoms with Crippen molar-refractivity contribution in [2.45, 2.75) is 33.6 Å². The Bertz CT molecular complexity index is 202. The molecule has 0 saturated heterocycles. The highest BCUT2D eigenvalue weighted by atomic mass is 32.2. The summed E-state index contributed by atoms with van der Waals surface area (Å²) in [5, 5.41) is 0. The molecule has 0 aliphatic rings. The van der Waals surface area contributed by atoms with Crippen molar-refractivity contribution < 1.29 is 14.3 Å². The van der Waals surface area contributed by atoms with Crippen LogP contribution in [-0.2, 0) is 14.3 Å². The summed E-state index contributed by atoms with van der Waals surface area (Å²) in [6.07, 6.45) is 0.527. The van der Waals surface area contributed by atoms with Gasteiger partial charge in [0.25, 0.3) is 0 Å².